The predicted molar refractivity (Wildman–Crippen MR) is 115 cm³/mol. The van der Waals surface area contributed by atoms with E-state index in [0.717, 1.165) is 0 Å². The molecule has 0 aliphatic heterocycles. The molecule has 0 atom stereocenters. The van der Waals surface area contributed by atoms with Crippen LogP contribution in [-0.2, 0) is 18.0 Å². The van der Waals surface area contributed by atoms with Gasteiger partial charge in [-0.3, -0.25) is 0 Å². The zero-order chi connectivity index (χ0) is 50.2. The molecule has 61 heavy (non-hydrogen) atoms. The fourth-order valence-electron chi connectivity index (χ4n) is 4.00. The summed E-state index contributed by atoms with van der Waals surface area (Å²) in [7, 11) is 0. The Kier molecular flexibility index (Phi) is 12.5. The summed E-state index contributed by atoms with van der Waals surface area (Å²) in [5.74, 6) is -130. The highest BCUT2D eigenvalue weighted by Crippen LogP contribution is 2.68. The predicted octanol–water partition coefficient (Wildman–Crippen LogP) is 13.2. The van der Waals surface area contributed by atoms with E-state index in [-0.39, 0.29) is 0 Å². The van der Waals surface area contributed by atoms with E-state index in [9.17, 15) is 162 Å². The average Bonchev–Trinajstić information content (AvgIpc) is 3.01. The molecular weight excluding hydrogens is 993 g/mol. The Balaban J connectivity index is 4.43. The molecule has 0 amide bonds. The lowest BCUT2D eigenvalue weighted by molar-refractivity contribution is -0.463. The van der Waals surface area contributed by atoms with Crippen molar-refractivity contribution in [2.24, 2.45) is 0 Å². The van der Waals surface area contributed by atoms with E-state index in [1.54, 1.807) is 0 Å². The van der Waals surface area contributed by atoms with Gasteiger partial charge in [-0.1, -0.05) is 0 Å². The van der Waals surface area contributed by atoms with Crippen LogP contribution in [0, 0.1) is 0 Å². The van der Waals surface area contributed by atoms with Gasteiger partial charge in [-0.25, -0.2) is 0 Å². The molecule has 1 aromatic rings. The minimum absolute atomic E-state index is 2.35. The van der Waals surface area contributed by atoms with Crippen LogP contribution >= 0.6 is 0 Å². The molecule has 0 unspecified atom stereocenters. The molecule has 38 heteroatoms. The molecule has 0 radical (unpaired) electrons. The molecule has 0 saturated heterocycles. The first-order valence-electron chi connectivity index (χ1n) is 13.2. The van der Waals surface area contributed by atoms with Crippen LogP contribution in [0.15, 0.2) is 12.1 Å². The monoisotopic (exact) mass is 997 g/mol. The summed E-state index contributed by atoms with van der Waals surface area (Å²) in [6.45, 7) is 0. The average molecular weight is 997 g/mol. The quantitative estimate of drug-likeness (QED) is 0.146. The Morgan fingerprint density at radius 2 is 0.410 bits per heavy atom. The lowest BCUT2D eigenvalue weighted by Gasteiger charge is -2.43. The van der Waals surface area contributed by atoms with Crippen LogP contribution in [0.4, 0.5) is 168 Å². The summed E-state index contributed by atoms with van der Waals surface area (Å²) in [6, 6.07) is -4.69. The zero-order valence-corrected chi connectivity index (χ0v) is 26.2. The molecule has 0 aromatic heterocycles. The van der Waals surface area contributed by atoms with Crippen molar-refractivity contribution >= 4 is 5.69 Å². The number of alkyl halides is 37. The third-order valence-corrected chi connectivity index (χ3v) is 7.63. The summed E-state index contributed by atoms with van der Waals surface area (Å²) < 4.78 is 504. The molecule has 0 spiro atoms. The van der Waals surface area contributed by atoms with Crippen molar-refractivity contribution in [3.63, 3.8) is 0 Å². The van der Waals surface area contributed by atoms with Gasteiger partial charge in [-0.15, -0.1) is 0 Å². The van der Waals surface area contributed by atoms with Crippen LogP contribution in [-0.4, -0.2) is 83.4 Å². The molecule has 0 saturated carbocycles. The topological polar surface area (TPSA) is 26.0 Å². The van der Waals surface area contributed by atoms with E-state index in [1.165, 1.54) is 0 Å². The summed E-state index contributed by atoms with van der Waals surface area (Å²) in [5.41, 5.74) is -14.0. The SMILES string of the molecule is Nc1c(C(F)(F)C(F)(F)C(F)(F)C(F)(F)C(F)(F)C(F)(F)C(F)(F)C(F)(F)F)cc(C(F)(F)F)cc1C(F)(F)C(F)(F)C(F)(F)C(F)(F)C(F)(F)C(F)(F)C(F)(F)C(F)(F)F. The molecular formula is C23H4F37N. The number of anilines is 1. The second-order valence-corrected chi connectivity index (χ2v) is 11.5. The molecule has 1 rings (SSSR count). The Morgan fingerprint density at radius 3 is 0.574 bits per heavy atom. The third-order valence-electron chi connectivity index (χ3n) is 7.63. The Hall–Kier alpha value is -3.57. The lowest BCUT2D eigenvalue weighted by Crippen LogP contribution is -2.74. The van der Waals surface area contributed by atoms with Gasteiger partial charge < -0.3 is 5.73 Å². The molecule has 0 heterocycles. The number of hydrogen-bond donors (Lipinski definition) is 1. The number of rotatable bonds is 14. The van der Waals surface area contributed by atoms with Gasteiger partial charge in [0.05, 0.1) is 22.4 Å². The highest BCUT2D eigenvalue weighted by Gasteiger charge is 2.97. The van der Waals surface area contributed by atoms with Gasteiger partial charge in [0.2, 0.25) is 0 Å². The van der Waals surface area contributed by atoms with Crippen molar-refractivity contribution in [2.45, 2.75) is 101 Å². The van der Waals surface area contributed by atoms with Crippen molar-refractivity contribution in [3.8, 4) is 0 Å². The van der Waals surface area contributed by atoms with Crippen LogP contribution in [0.5, 0.6) is 0 Å². The van der Waals surface area contributed by atoms with Crippen LogP contribution in [0.2, 0.25) is 0 Å². The standard InChI is InChI=1S/C23H4F37N/c24-7(25,10(31,32)12(35,36)14(39,40)16(43,44)18(47,48)20(51,52)22(55,56)57)4-1-3(9(28,29)30)2-5(6(4)61)8(26,27)11(33,34)13(37,38)15(41,42)17(45,46)19(49,50)21(53,54)23(58,59)60/h1-2H,61H2. The van der Waals surface area contributed by atoms with Gasteiger partial charge in [0.1, 0.15) is 0 Å². The Labute approximate surface area is 305 Å². The van der Waals surface area contributed by atoms with Gasteiger partial charge in [0.25, 0.3) is 0 Å². The number of hydrogen-bond acceptors (Lipinski definition) is 1. The van der Waals surface area contributed by atoms with Gasteiger partial charge >= 0.3 is 101 Å². The van der Waals surface area contributed by atoms with E-state index >= 15 is 0 Å². The highest BCUT2D eigenvalue weighted by molar-refractivity contribution is 5.61. The van der Waals surface area contributed by atoms with Crippen LogP contribution in [0.25, 0.3) is 0 Å². The van der Waals surface area contributed by atoms with E-state index in [0.29, 0.717) is 0 Å². The smallest absolute Gasteiger partial charge is 0.398 e. The Bertz CT molecular complexity index is 1660. The van der Waals surface area contributed by atoms with E-state index in [2.05, 4.69) is 5.73 Å². The van der Waals surface area contributed by atoms with E-state index in [4.69, 9.17) is 0 Å². The normalized spacial score (nSPS) is 16.7. The van der Waals surface area contributed by atoms with Crippen LogP contribution in [0.3, 0.4) is 0 Å². The maximum atomic E-state index is 14.9. The van der Waals surface area contributed by atoms with Crippen molar-refractivity contribution in [1.29, 1.82) is 0 Å². The largest absolute Gasteiger partial charge is 0.460 e. The first kappa shape index (κ1) is 55.4. The molecule has 360 valence electrons. The second kappa shape index (κ2) is 13.7. The minimum Gasteiger partial charge on any atom is -0.398 e. The van der Waals surface area contributed by atoms with Gasteiger partial charge in [0.15, 0.2) is 0 Å². The first-order chi connectivity index (χ1) is 25.7. The fraction of sp³-hybridized carbons (Fsp3) is 0.739. The highest BCUT2D eigenvalue weighted by atomic mass is 19.5. The van der Waals surface area contributed by atoms with E-state index in [1.807, 2.05) is 0 Å². The number of nitrogens with two attached hydrogens (primary N) is 1. The molecule has 0 aliphatic rings. The summed E-state index contributed by atoms with van der Waals surface area (Å²) in [4.78, 5) is 0. The second-order valence-electron chi connectivity index (χ2n) is 11.5. The molecule has 1 nitrogen and oxygen atoms in total. The lowest BCUT2D eigenvalue weighted by atomic mass is 9.83. The summed E-state index contributed by atoms with van der Waals surface area (Å²) in [5, 5.41) is 0. The van der Waals surface area contributed by atoms with Crippen molar-refractivity contribution in [2.75, 3.05) is 5.73 Å². The van der Waals surface area contributed by atoms with Crippen molar-refractivity contribution < 1.29 is 162 Å². The maximum Gasteiger partial charge on any atom is 0.460 e. The molecule has 0 aliphatic carbocycles. The number of benzene rings is 1. The van der Waals surface area contributed by atoms with E-state index < -0.39 is 136 Å². The summed E-state index contributed by atoms with van der Waals surface area (Å²) in [6.07, 6.45) is -23.9. The first-order valence-corrected chi connectivity index (χ1v) is 13.2. The molecule has 1 aromatic carbocycles. The van der Waals surface area contributed by atoms with Gasteiger partial charge in [-0.2, -0.15) is 162 Å². The maximum absolute atomic E-state index is 14.9. The minimum atomic E-state index is -9.63. The fourth-order valence-corrected chi connectivity index (χ4v) is 4.00. The molecule has 0 fully saturated rings. The van der Waals surface area contributed by atoms with Gasteiger partial charge in [0, 0.05) is 0 Å². The zero-order valence-electron chi connectivity index (χ0n) is 26.2. The third kappa shape index (κ3) is 6.83. The molecule has 0 bridgehead atoms. The number of nitrogen functional groups attached to an aromatic ring is 1. The van der Waals surface area contributed by atoms with Gasteiger partial charge in [-0.05, 0) is 12.1 Å². The number of halogens is 37. The van der Waals surface area contributed by atoms with Crippen LogP contribution in [0.1, 0.15) is 16.7 Å². The Morgan fingerprint density at radius 1 is 0.246 bits per heavy atom. The van der Waals surface area contributed by atoms with Crippen molar-refractivity contribution in [1.82, 2.24) is 0 Å². The van der Waals surface area contributed by atoms with Crippen molar-refractivity contribution in [3.05, 3.63) is 28.8 Å². The summed E-state index contributed by atoms with van der Waals surface area (Å²) >= 11 is 0. The van der Waals surface area contributed by atoms with Crippen LogP contribution < -0.4 is 5.73 Å². The molecule has 2 N–H and O–H groups in total.